The molecule has 1 fully saturated rings. The zero-order chi connectivity index (χ0) is 17.9. The second-order valence-corrected chi connectivity index (χ2v) is 6.15. The van der Waals surface area contributed by atoms with Gasteiger partial charge in [-0.15, -0.1) is 0 Å². The SMILES string of the molecule is O=C(Nc1ccc(OC(F)F)cc1)C1(c2ccc(F)cc2)CCCC1. The first kappa shape index (κ1) is 17.3. The van der Waals surface area contributed by atoms with Crippen molar-refractivity contribution < 1.29 is 22.7 Å². The zero-order valence-corrected chi connectivity index (χ0v) is 13.5. The van der Waals surface area contributed by atoms with E-state index in [1.165, 1.54) is 36.4 Å². The van der Waals surface area contributed by atoms with Gasteiger partial charge in [0.15, 0.2) is 0 Å². The van der Waals surface area contributed by atoms with Gasteiger partial charge >= 0.3 is 6.61 Å². The summed E-state index contributed by atoms with van der Waals surface area (Å²) in [7, 11) is 0. The Morgan fingerprint density at radius 2 is 1.60 bits per heavy atom. The molecule has 2 aromatic carbocycles. The van der Waals surface area contributed by atoms with Crippen molar-refractivity contribution in [3.8, 4) is 5.75 Å². The molecule has 2 aromatic rings. The summed E-state index contributed by atoms with van der Waals surface area (Å²) >= 11 is 0. The number of benzene rings is 2. The van der Waals surface area contributed by atoms with E-state index in [0.717, 1.165) is 18.4 Å². The largest absolute Gasteiger partial charge is 0.435 e. The zero-order valence-electron chi connectivity index (χ0n) is 13.5. The fourth-order valence-corrected chi connectivity index (χ4v) is 3.36. The van der Waals surface area contributed by atoms with E-state index < -0.39 is 12.0 Å². The van der Waals surface area contributed by atoms with Crippen molar-refractivity contribution in [1.82, 2.24) is 0 Å². The molecule has 3 nitrogen and oxygen atoms in total. The Bertz CT molecular complexity index is 723. The maximum absolute atomic E-state index is 13.2. The van der Waals surface area contributed by atoms with Gasteiger partial charge in [-0.3, -0.25) is 4.79 Å². The van der Waals surface area contributed by atoms with Crippen molar-refractivity contribution >= 4 is 11.6 Å². The molecule has 1 aliphatic rings. The van der Waals surface area contributed by atoms with Crippen molar-refractivity contribution in [2.24, 2.45) is 0 Å². The highest BCUT2D eigenvalue weighted by Gasteiger charge is 2.42. The van der Waals surface area contributed by atoms with Crippen LogP contribution in [0, 0.1) is 5.82 Å². The van der Waals surface area contributed by atoms with Gasteiger partial charge in [0.2, 0.25) is 5.91 Å². The summed E-state index contributed by atoms with van der Waals surface area (Å²) in [6.45, 7) is -2.89. The van der Waals surface area contributed by atoms with Gasteiger partial charge in [0.05, 0.1) is 5.41 Å². The summed E-state index contributed by atoms with van der Waals surface area (Å²) in [4.78, 5) is 12.9. The Hall–Kier alpha value is -2.50. The normalized spacial score (nSPS) is 16.0. The van der Waals surface area contributed by atoms with Crippen molar-refractivity contribution in [3.05, 3.63) is 59.9 Å². The minimum absolute atomic E-state index is 0.0297. The van der Waals surface area contributed by atoms with Crippen LogP contribution in [0.25, 0.3) is 0 Å². The molecule has 0 aliphatic heterocycles. The highest BCUT2D eigenvalue weighted by Crippen LogP contribution is 2.42. The number of anilines is 1. The van der Waals surface area contributed by atoms with Crippen molar-refractivity contribution in [1.29, 1.82) is 0 Å². The van der Waals surface area contributed by atoms with Crippen LogP contribution in [0.15, 0.2) is 48.5 Å². The smallest absolute Gasteiger partial charge is 0.387 e. The molecule has 0 unspecified atom stereocenters. The number of carbonyl (C=O) groups excluding carboxylic acids is 1. The van der Waals surface area contributed by atoms with Gasteiger partial charge in [-0.05, 0) is 54.8 Å². The van der Waals surface area contributed by atoms with Crippen LogP contribution in [0.2, 0.25) is 0 Å². The Labute approximate surface area is 143 Å². The number of alkyl halides is 2. The molecule has 25 heavy (non-hydrogen) atoms. The fraction of sp³-hybridized carbons (Fsp3) is 0.316. The number of rotatable bonds is 5. The summed E-state index contributed by atoms with van der Waals surface area (Å²) in [5, 5.41) is 2.84. The lowest BCUT2D eigenvalue weighted by molar-refractivity contribution is -0.121. The number of amides is 1. The molecular weight excluding hydrogens is 331 g/mol. The lowest BCUT2D eigenvalue weighted by atomic mass is 9.78. The molecule has 0 bridgehead atoms. The third-order valence-corrected chi connectivity index (χ3v) is 4.63. The lowest BCUT2D eigenvalue weighted by Gasteiger charge is -2.28. The van der Waals surface area contributed by atoms with E-state index >= 15 is 0 Å². The first-order valence-corrected chi connectivity index (χ1v) is 8.12. The third-order valence-electron chi connectivity index (χ3n) is 4.63. The lowest BCUT2D eigenvalue weighted by Crippen LogP contribution is -2.38. The molecule has 1 N–H and O–H groups in total. The van der Waals surface area contributed by atoms with Crippen LogP contribution >= 0.6 is 0 Å². The average molecular weight is 349 g/mol. The van der Waals surface area contributed by atoms with Gasteiger partial charge in [-0.2, -0.15) is 8.78 Å². The average Bonchev–Trinajstić information content (AvgIpc) is 3.08. The molecular formula is C19H18F3NO2. The molecule has 0 radical (unpaired) electrons. The Kier molecular flexibility index (Phi) is 4.97. The third kappa shape index (κ3) is 3.78. The molecule has 132 valence electrons. The van der Waals surface area contributed by atoms with Crippen LogP contribution in [0.3, 0.4) is 0 Å². The van der Waals surface area contributed by atoms with Crippen LogP contribution in [-0.4, -0.2) is 12.5 Å². The fourth-order valence-electron chi connectivity index (χ4n) is 3.36. The topological polar surface area (TPSA) is 38.3 Å². The Morgan fingerprint density at radius 3 is 2.16 bits per heavy atom. The minimum atomic E-state index is -2.89. The molecule has 0 aromatic heterocycles. The first-order chi connectivity index (χ1) is 12.0. The van der Waals surface area contributed by atoms with Crippen molar-refractivity contribution in [2.45, 2.75) is 37.7 Å². The number of carbonyl (C=O) groups is 1. The van der Waals surface area contributed by atoms with Crippen molar-refractivity contribution in [2.75, 3.05) is 5.32 Å². The second kappa shape index (κ2) is 7.17. The number of ether oxygens (including phenoxy) is 1. The predicted octanol–water partition coefficient (Wildman–Crippen LogP) is 4.88. The molecule has 0 saturated heterocycles. The van der Waals surface area contributed by atoms with E-state index in [0.29, 0.717) is 18.5 Å². The number of nitrogens with one attached hydrogen (secondary N) is 1. The number of hydrogen-bond donors (Lipinski definition) is 1. The molecule has 1 aliphatic carbocycles. The van der Waals surface area contributed by atoms with E-state index in [9.17, 15) is 18.0 Å². The van der Waals surface area contributed by atoms with E-state index in [2.05, 4.69) is 10.1 Å². The highest BCUT2D eigenvalue weighted by molar-refractivity contribution is 5.99. The maximum Gasteiger partial charge on any atom is 0.387 e. The van der Waals surface area contributed by atoms with Crippen molar-refractivity contribution in [3.63, 3.8) is 0 Å². The molecule has 1 amide bonds. The number of hydrogen-bond acceptors (Lipinski definition) is 2. The molecule has 0 atom stereocenters. The molecule has 0 heterocycles. The molecule has 3 rings (SSSR count). The van der Waals surface area contributed by atoms with Gasteiger partial charge in [0.25, 0.3) is 0 Å². The van der Waals surface area contributed by atoms with E-state index in [-0.39, 0.29) is 17.5 Å². The summed E-state index contributed by atoms with van der Waals surface area (Å²) < 4.78 is 41.9. The predicted molar refractivity (Wildman–Crippen MR) is 88.2 cm³/mol. The van der Waals surface area contributed by atoms with Crippen LogP contribution in [0.1, 0.15) is 31.2 Å². The van der Waals surface area contributed by atoms with Crippen LogP contribution in [0.5, 0.6) is 5.75 Å². The standard InChI is InChI=1S/C19H18F3NO2/c20-14-5-3-13(4-6-14)19(11-1-2-12-19)17(24)23-15-7-9-16(10-8-15)25-18(21)22/h3-10,18H,1-2,11-12H2,(H,23,24). The molecule has 1 saturated carbocycles. The van der Waals surface area contributed by atoms with Gasteiger partial charge in [-0.25, -0.2) is 4.39 Å². The van der Waals surface area contributed by atoms with Gasteiger partial charge in [0.1, 0.15) is 11.6 Å². The summed E-state index contributed by atoms with van der Waals surface area (Å²) in [6.07, 6.45) is 3.23. The van der Waals surface area contributed by atoms with E-state index in [4.69, 9.17) is 0 Å². The molecule has 0 spiro atoms. The Morgan fingerprint density at radius 1 is 1.00 bits per heavy atom. The van der Waals surface area contributed by atoms with E-state index in [1.807, 2.05) is 0 Å². The molecule has 6 heteroatoms. The summed E-state index contributed by atoms with van der Waals surface area (Å²) in [5.41, 5.74) is 0.604. The Balaban J connectivity index is 1.78. The maximum atomic E-state index is 13.2. The van der Waals surface area contributed by atoms with E-state index in [1.54, 1.807) is 12.1 Å². The number of halogens is 3. The van der Waals surface area contributed by atoms with Gasteiger partial charge in [0, 0.05) is 5.69 Å². The van der Waals surface area contributed by atoms with Crippen LogP contribution in [-0.2, 0) is 10.2 Å². The summed E-state index contributed by atoms with van der Waals surface area (Å²) in [6, 6.07) is 11.8. The monoisotopic (exact) mass is 349 g/mol. The minimum Gasteiger partial charge on any atom is -0.435 e. The summed E-state index contributed by atoms with van der Waals surface area (Å²) in [5.74, 6) is -0.479. The van der Waals surface area contributed by atoms with Crippen LogP contribution in [0.4, 0.5) is 18.9 Å². The first-order valence-electron chi connectivity index (χ1n) is 8.12. The quantitative estimate of drug-likeness (QED) is 0.836. The van der Waals surface area contributed by atoms with Crippen LogP contribution < -0.4 is 10.1 Å². The highest BCUT2D eigenvalue weighted by atomic mass is 19.3. The van der Waals surface area contributed by atoms with Gasteiger partial charge < -0.3 is 10.1 Å². The second-order valence-electron chi connectivity index (χ2n) is 6.15. The van der Waals surface area contributed by atoms with Gasteiger partial charge in [-0.1, -0.05) is 25.0 Å².